The summed E-state index contributed by atoms with van der Waals surface area (Å²) in [7, 11) is 0. The van der Waals surface area contributed by atoms with Crippen molar-refractivity contribution in [3.05, 3.63) is 16.7 Å². The molecule has 166 valence electrons. The zero-order chi connectivity index (χ0) is 21.4. The van der Waals surface area contributed by atoms with Crippen molar-refractivity contribution >= 4 is 38.6 Å². The van der Waals surface area contributed by atoms with Gasteiger partial charge in [0.1, 0.15) is 17.6 Å². The first-order valence-corrected chi connectivity index (χ1v) is 12.1. The van der Waals surface area contributed by atoms with Crippen LogP contribution in [0.1, 0.15) is 51.4 Å². The minimum Gasteiger partial charge on any atom is -0.353 e. The van der Waals surface area contributed by atoms with E-state index in [1.165, 1.54) is 22.2 Å². The molecule has 2 aromatic rings. The number of nitrogens with zero attached hydrogens (tertiary/aromatic N) is 4. The van der Waals surface area contributed by atoms with E-state index in [0.29, 0.717) is 16.4 Å². The van der Waals surface area contributed by atoms with Gasteiger partial charge in [0.2, 0.25) is 11.8 Å². The molecule has 5 rings (SSSR count). The van der Waals surface area contributed by atoms with Gasteiger partial charge >= 0.3 is 0 Å². The van der Waals surface area contributed by atoms with Crippen LogP contribution in [0, 0.1) is 5.92 Å². The van der Waals surface area contributed by atoms with Crippen molar-refractivity contribution in [3.8, 4) is 0 Å². The fourth-order valence-electron chi connectivity index (χ4n) is 4.46. The number of piperidine rings is 1. The van der Waals surface area contributed by atoms with Gasteiger partial charge in [-0.1, -0.05) is 24.2 Å². The number of rotatable bonds is 6. The Morgan fingerprint density at radius 2 is 1.74 bits per heavy atom. The summed E-state index contributed by atoms with van der Waals surface area (Å²) in [6.45, 7) is 1.45. The molecule has 1 aliphatic heterocycles. The van der Waals surface area contributed by atoms with Gasteiger partial charge in [-0.05, 0) is 38.5 Å². The van der Waals surface area contributed by atoms with E-state index in [4.69, 9.17) is 0 Å². The zero-order valence-corrected chi connectivity index (χ0v) is 18.3. The molecule has 0 bridgehead atoms. The molecule has 1 saturated heterocycles. The first-order chi connectivity index (χ1) is 15.1. The van der Waals surface area contributed by atoms with Gasteiger partial charge in [-0.25, -0.2) is 4.98 Å². The molecule has 9 nitrogen and oxygen atoms in total. The molecule has 2 aromatic heterocycles. The number of carbonyl (C=O) groups excluding carboxylic acids is 2. The maximum Gasteiger partial charge on any atom is 0.273 e. The number of fused-ring (bicyclic) bond motifs is 1. The smallest absolute Gasteiger partial charge is 0.273 e. The zero-order valence-electron chi connectivity index (χ0n) is 17.5. The minimum atomic E-state index is -0.228. The van der Waals surface area contributed by atoms with Gasteiger partial charge in [-0.15, -0.1) is 0 Å². The average Bonchev–Trinajstić information content (AvgIpc) is 3.24. The molecule has 2 saturated carbocycles. The second kappa shape index (κ2) is 8.57. The van der Waals surface area contributed by atoms with Crippen LogP contribution in [0.5, 0.6) is 0 Å². The van der Waals surface area contributed by atoms with Crippen molar-refractivity contribution in [2.24, 2.45) is 5.92 Å². The maximum atomic E-state index is 12.9. The molecule has 0 aromatic carbocycles. The molecule has 2 aliphatic carbocycles. The van der Waals surface area contributed by atoms with E-state index in [2.05, 4.69) is 25.5 Å². The summed E-state index contributed by atoms with van der Waals surface area (Å²) in [4.78, 5) is 48.5. The Kier molecular flexibility index (Phi) is 5.64. The third-order valence-electron chi connectivity index (χ3n) is 6.47. The fourth-order valence-corrected chi connectivity index (χ4v) is 5.48. The molecule has 0 spiro atoms. The Labute approximate surface area is 184 Å². The number of thiazole rings is 1. The van der Waals surface area contributed by atoms with Crippen molar-refractivity contribution in [2.45, 2.75) is 70.0 Å². The van der Waals surface area contributed by atoms with E-state index in [-0.39, 0.29) is 35.9 Å². The van der Waals surface area contributed by atoms with Crippen LogP contribution in [0.15, 0.2) is 11.1 Å². The molecule has 0 unspecified atom stereocenters. The quantitative estimate of drug-likeness (QED) is 0.697. The molecule has 31 heavy (non-hydrogen) atoms. The first kappa shape index (κ1) is 20.4. The third kappa shape index (κ3) is 4.58. The Morgan fingerprint density at radius 1 is 1.03 bits per heavy atom. The Morgan fingerprint density at radius 3 is 2.45 bits per heavy atom. The molecule has 2 N–H and O–H groups in total. The van der Waals surface area contributed by atoms with Crippen LogP contribution >= 0.6 is 11.3 Å². The number of hydrogen-bond acceptors (Lipinski definition) is 7. The van der Waals surface area contributed by atoms with Gasteiger partial charge in [0.15, 0.2) is 10.8 Å². The van der Waals surface area contributed by atoms with E-state index in [0.717, 1.165) is 69.6 Å². The van der Waals surface area contributed by atoms with Gasteiger partial charge in [-0.3, -0.25) is 19.0 Å². The molecule has 0 atom stereocenters. The van der Waals surface area contributed by atoms with E-state index in [9.17, 15) is 14.4 Å². The van der Waals surface area contributed by atoms with Crippen LogP contribution < -0.4 is 21.1 Å². The summed E-state index contributed by atoms with van der Waals surface area (Å²) in [6.07, 6.45) is 9.49. The summed E-state index contributed by atoms with van der Waals surface area (Å²) in [5, 5.41) is 6.86. The maximum absolute atomic E-state index is 12.9. The van der Waals surface area contributed by atoms with Gasteiger partial charge in [0, 0.05) is 31.1 Å². The van der Waals surface area contributed by atoms with E-state index in [1.54, 1.807) is 0 Å². The van der Waals surface area contributed by atoms with E-state index < -0.39 is 0 Å². The normalized spacial score (nSPS) is 20.3. The van der Waals surface area contributed by atoms with Crippen molar-refractivity contribution < 1.29 is 9.59 Å². The number of anilines is 1. The minimum absolute atomic E-state index is 0.0208. The lowest BCUT2D eigenvalue weighted by atomic mass is 9.96. The predicted molar refractivity (Wildman–Crippen MR) is 118 cm³/mol. The molecule has 2 amide bonds. The van der Waals surface area contributed by atoms with E-state index >= 15 is 0 Å². The molecule has 3 heterocycles. The fraction of sp³-hybridized carbons (Fsp3) is 0.667. The van der Waals surface area contributed by atoms with Gasteiger partial charge in [0.05, 0.1) is 0 Å². The van der Waals surface area contributed by atoms with Crippen LogP contribution in [0.25, 0.3) is 10.3 Å². The highest BCUT2D eigenvalue weighted by Gasteiger charge is 2.31. The summed E-state index contributed by atoms with van der Waals surface area (Å²) >= 11 is 1.32. The largest absolute Gasteiger partial charge is 0.353 e. The van der Waals surface area contributed by atoms with Crippen molar-refractivity contribution in [1.82, 2.24) is 25.2 Å². The van der Waals surface area contributed by atoms with Crippen LogP contribution in [-0.2, 0) is 16.1 Å². The number of carbonyl (C=O) groups is 2. The number of hydrogen-bond donors (Lipinski definition) is 2. The van der Waals surface area contributed by atoms with Crippen molar-refractivity contribution in [3.63, 3.8) is 0 Å². The second-order valence-electron chi connectivity index (χ2n) is 8.92. The molecule has 3 aliphatic rings. The highest BCUT2D eigenvalue weighted by Crippen LogP contribution is 2.30. The van der Waals surface area contributed by atoms with E-state index in [1.807, 2.05) is 0 Å². The monoisotopic (exact) mass is 444 g/mol. The van der Waals surface area contributed by atoms with Crippen molar-refractivity contribution in [2.75, 3.05) is 18.0 Å². The predicted octanol–water partition coefficient (Wildman–Crippen LogP) is 1.41. The van der Waals surface area contributed by atoms with Gasteiger partial charge < -0.3 is 15.5 Å². The van der Waals surface area contributed by atoms with Crippen molar-refractivity contribution in [1.29, 1.82) is 0 Å². The number of amides is 2. The summed E-state index contributed by atoms with van der Waals surface area (Å²) in [5.74, 6) is 0.0817. The third-order valence-corrected chi connectivity index (χ3v) is 7.56. The lowest BCUT2D eigenvalue weighted by Gasteiger charge is -2.30. The lowest BCUT2D eigenvalue weighted by Crippen LogP contribution is -2.41. The number of nitrogens with one attached hydrogen (secondary N) is 2. The lowest BCUT2D eigenvalue weighted by molar-refractivity contribution is -0.125. The van der Waals surface area contributed by atoms with Gasteiger partial charge in [-0.2, -0.15) is 4.98 Å². The average molecular weight is 445 g/mol. The topological polar surface area (TPSA) is 109 Å². The van der Waals surface area contributed by atoms with Crippen LogP contribution in [0.4, 0.5) is 5.13 Å². The standard InChI is InChI=1S/C21H28N6O3S/c28-16(23-14-3-1-2-4-14)11-27-12-22-18-17(20(27)30)31-21(25-18)26-9-7-13(8-10-26)19(29)24-15-5-6-15/h12-15H,1-11H2,(H,23,28)(H,24,29). The molecule has 10 heteroatoms. The van der Waals surface area contributed by atoms with Crippen LogP contribution in [0.3, 0.4) is 0 Å². The summed E-state index contributed by atoms with van der Waals surface area (Å²) < 4.78 is 1.84. The SMILES string of the molecule is O=C(Cn1cnc2nc(N3CCC(C(=O)NC4CC4)CC3)sc2c1=O)NC1CCCC1. The Hall–Kier alpha value is -2.49. The van der Waals surface area contributed by atoms with Gasteiger partial charge in [0.25, 0.3) is 5.56 Å². The second-order valence-corrected chi connectivity index (χ2v) is 9.90. The molecule has 0 radical (unpaired) electrons. The highest BCUT2D eigenvalue weighted by atomic mass is 32.1. The molecule has 3 fully saturated rings. The number of aromatic nitrogens is 3. The van der Waals surface area contributed by atoms with Crippen LogP contribution in [0.2, 0.25) is 0 Å². The first-order valence-electron chi connectivity index (χ1n) is 11.3. The summed E-state index contributed by atoms with van der Waals surface area (Å²) in [5.41, 5.74) is 0.195. The summed E-state index contributed by atoms with van der Waals surface area (Å²) in [6, 6.07) is 0.618. The molecular weight excluding hydrogens is 416 g/mol. The Bertz CT molecular complexity index is 1030. The molecular formula is C21H28N6O3S. The highest BCUT2D eigenvalue weighted by molar-refractivity contribution is 7.22. The Balaban J connectivity index is 1.23. The van der Waals surface area contributed by atoms with Crippen LogP contribution in [-0.4, -0.2) is 51.5 Å².